The molecule has 1 fully saturated rings. The molecule has 116 valence electrons. The van der Waals surface area contributed by atoms with Gasteiger partial charge in [-0.2, -0.15) is 13.2 Å². The molecule has 0 bridgehead atoms. The molecule has 1 saturated carbocycles. The number of rotatable bonds is 4. The molecule has 0 N–H and O–H groups in total. The number of hydrogen-bond donors (Lipinski definition) is 0. The molecule has 0 aliphatic heterocycles. The molecule has 0 heterocycles. The van der Waals surface area contributed by atoms with Crippen LogP contribution in [0.5, 0.6) is 0 Å². The molecule has 1 aromatic rings. The summed E-state index contributed by atoms with van der Waals surface area (Å²) in [6, 6.07) is 3.10. The molecule has 0 radical (unpaired) electrons. The maximum absolute atomic E-state index is 13.7. The van der Waals surface area contributed by atoms with Crippen molar-refractivity contribution in [2.24, 2.45) is 5.92 Å². The van der Waals surface area contributed by atoms with Gasteiger partial charge in [-0.1, -0.05) is 15.9 Å². The highest BCUT2D eigenvalue weighted by Crippen LogP contribution is 2.37. The van der Waals surface area contributed by atoms with Gasteiger partial charge in [-0.3, -0.25) is 4.79 Å². The van der Waals surface area contributed by atoms with Crippen molar-refractivity contribution in [3.63, 3.8) is 0 Å². The van der Waals surface area contributed by atoms with E-state index in [4.69, 9.17) is 0 Å². The first-order valence-electron chi connectivity index (χ1n) is 6.52. The molecule has 1 atom stereocenters. The highest BCUT2D eigenvalue weighted by atomic mass is 79.9. The highest BCUT2D eigenvalue weighted by Gasteiger charge is 2.41. The number of nitrogens with zero attached hydrogens (tertiary/aromatic N) is 1. The van der Waals surface area contributed by atoms with E-state index in [-0.39, 0.29) is 11.5 Å². The Hall–Kier alpha value is -1.11. The minimum absolute atomic E-state index is 0.0616. The first-order valence-corrected chi connectivity index (χ1v) is 7.31. The monoisotopic (exact) mass is 367 g/mol. The zero-order chi connectivity index (χ0) is 15.8. The van der Waals surface area contributed by atoms with Crippen LogP contribution in [0.3, 0.4) is 0 Å². The molecule has 2 nitrogen and oxygen atoms in total. The van der Waals surface area contributed by atoms with Crippen molar-refractivity contribution in [1.82, 2.24) is 4.90 Å². The molecule has 1 aromatic carbocycles. The molecule has 1 aliphatic rings. The summed E-state index contributed by atoms with van der Waals surface area (Å²) in [4.78, 5) is 13.1. The van der Waals surface area contributed by atoms with Gasteiger partial charge in [0, 0.05) is 10.5 Å². The van der Waals surface area contributed by atoms with Crippen LogP contribution in [0, 0.1) is 11.7 Å². The van der Waals surface area contributed by atoms with Crippen LogP contribution < -0.4 is 0 Å². The third-order valence-corrected chi connectivity index (χ3v) is 4.06. The average molecular weight is 368 g/mol. The van der Waals surface area contributed by atoms with Crippen LogP contribution in [0.25, 0.3) is 0 Å². The Balaban J connectivity index is 2.30. The fourth-order valence-electron chi connectivity index (χ4n) is 2.24. The van der Waals surface area contributed by atoms with Crippen LogP contribution in [0.4, 0.5) is 17.6 Å². The maximum atomic E-state index is 13.7. The molecule has 0 aromatic heterocycles. The number of benzene rings is 1. The summed E-state index contributed by atoms with van der Waals surface area (Å²) >= 11 is 3.09. The van der Waals surface area contributed by atoms with Gasteiger partial charge in [0.1, 0.15) is 12.4 Å². The standard InChI is InChI=1S/C14H14BrF4NO/c1-8(9-2-3-9)20(7-14(17,18)19)13(21)11-6-10(15)4-5-12(11)16/h4-6,8-9H,2-3,7H2,1H3. The largest absolute Gasteiger partial charge is 0.406 e. The fourth-order valence-corrected chi connectivity index (χ4v) is 2.60. The van der Waals surface area contributed by atoms with Crippen LogP contribution in [-0.2, 0) is 0 Å². The lowest BCUT2D eigenvalue weighted by Crippen LogP contribution is -2.45. The van der Waals surface area contributed by atoms with Crippen LogP contribution >= 0.6 is 15.9 Å². The lowest BCUT2D eigenvalue weighted by molar-refractivity contribution is -0.144. The fraction of sp³-hybridized carbons (Fsp3) is 0.500. The number of amides is 1. The van der Waals surface area contributed by atoms with E-state index in [1.807, 2.05) is 0 Å². The molecular weight excluding hydrogens is 354 g/mol. The SMILES string of the molecule is CC(C1CC1)N(CC(F)(F)F)C(=O)c1cc(Br)ccc1F. The molecular formula is C14H14BrF4NO. The maximum Gasteiger partial charge on any atom is 0.406 e. The Morgan fingerprint density at radius 3 is 2.57 bits per heavy atom. The quantitative estimate of drug-likeness (QED) is 0.722. The molecule has 7 heteroatoms. The second-order valence-corrected chi connectivity index (χ2v) is 6.17. The first kappa shape index (κ1) is 16.3. The highest BCUT2D eigenvalue weighted by molar-refractivity contribution is 9.10. The van der Waals surface area contributed by atoms with E-state index >= 15 is 0 Å². The van der Waals surface area contributed by atoms with Crippen LogP contribution in [0.2, 0.25) is 0 Å². The summed E-state index contributed by atoms with van der Waals surface area (Å²) in [5.74, 6) is -1.68. The lowest BCUT2D eigenvalue weighted by Gasteiger charge is -2.30. The number of carbonyl (C=O) groups is 1. The van der Waals surface area contributed by atoms with E-state index in [9.17, 15) is 22.4 Å². The van der Waals surface area contributed by atoms with Crippen molar-refractivity contribution in [2.75, 3.05) is 6.54 Å². The van der Waals surface area contributed by atoms with E-state index in [1.54, 1.807) is 6.92 Å². The second kappa shape index (κ2) is 5.94. The van der Waals surface area contributed by atoms with Gasteiger partial charge in [0.05, 0.1) is 5.56 Å². The van der Waals surface area contributed by atoms with Crippen molar-refractivity contribution in [3.05, 3.63) is 34.1 Å². The van der Waals surface area contributed by atoms with Gasteiger partial charge in [0.25, 0.3) is 5.91 Å². The third kappa shape index (κ3) is 4.18. The molecule has 2 rings (SSSR count). The summed E-state index contributed by atoms with van der Waals surface area (Å²) in [7, 11) is 0. The van der Waals surface area contributed by atoms with Gasteiger partial charge >= 0.3 is 6.18 Å². The summed E-state index contributed by atoms with van der Waals surface area (Å²) in [5.41, 5.74) is -0.346. The molecule has 21 heavy (non-hydrogen) atoms. The third-order valence-electron chi connectivity index (χ3n) is 3.57. The molecule has 0 spiro atoms. The Morgan fingerprint density at radius 1 is 1.43 bits per heavy atom. The van der Waals surface area contributed by atoms with Gasteiger partial charge in [-0.05, 0) is 43.9 Å². The minimum atomic E-state index is -4.51. The zero-order valence-electron chi connectivity index (χ0n) is 11.3. The van der Waals surface area contributed by atoms with Crippen LogP contribution in [0.1, 0.15) is 30.1 Å². The smallest absolute Gasteiger partial charge is 0.326 e. The number of hydrogen-bond acceptors (Lipinski definition) is 1. The Labute approximate surface area is 128 Å². The van der Waals surface area contributed by atoms with Gasteiger partial charge in [-0.15, -0.1) is 0 Å². The van der Waals surface area contributed by atoms with Crippen LogP contribution in [0.15, 0.2) is 22.7 Å². The predicted molar refractivity (Wildman–Crippen MR) is 73.4 cm³/mol. The molecule has 1 aliphatic carbocycles. The van der Waals surface area contributed by atoms with Crippen molar-refractivity contribution in [1.29, 1.82) is 0 Å². The predicted octanol–water partition coefficient (Wildman–Crippen LogP) is 4.39. The van der Waals surface area contributed by atoms with E-state index in [2.05, 4.69) is 15.9 Å². The summed E-state index contributed by atoms with van der Waals surface area (Å²) in [6.45, 7) is 0.215. The van der Waals surface area contributed by atoms with Gasteiger partial charge in [0.2, 0.25) is 0 Å². The number of halogens is 5. The minimum Gasteiger partial charge on any atom is -0.326 e. The zero-order valence-corrected chi connectivity index (χ0v) is 12.8. The Bertz CT molecular complexity index is 542. The van der Waals surface area contributed by atoms with Gasteiger partial charge in [-0.25, -0.2) is 4.39 Å². The topological polar surface area (TPSA) is 20.3 Å². The number of alkyl halides is 3. The van der Waals surface area contributed by atoms with E-state index in [1.165, 1.54) is 12.1 Å². The van der Waals surface area contributed by atoms with Crippen LogP contribution in [-0.4, -0.2) is 29.6 Å². The van der Waals surface area contributed by atoms with Crippen molar-refractivity contribution in [3.8, 4) is 0 Å². The second-order valence-electron chi connectivity index (χ2n) is 5.25. The first-order chi connectivity index (χ1) is 9.69. The van der Waals surface area contributed by atoms with Crippen molar-refractivity contribution in [2.45, 2.75) is 32.0 Å². The van der Waals surface area contributed by atoms with E-state index < -0.39 is 30.5 Å². The van der Waals surface area contributed by atoms with E-state index in [0.29, 0.717) is 4.47 Å². The van der Waals surface area contributed by atoms with Gasteiger partial charge in [0.15, 0.2) is 0 Å². The Kier molecular flexibility index (Phi) is 4.60. The lowest BCUT2D eigenvalue weighted by atomic mass is 10.1. The normalized spacial score (nSPS) is 16.7. The van der Waals surface area contributed by atoms with E-state index in [0.717, 1.165) is 23.8 Å². The summed E-state index contributed by atoms with van der Waals surface area (Å²) in [6.07, 6.45) is -2.92. The Morgan fingerprint density at radius 2 is 2.05 bits per heavy atom. The van der Waals surface area contributed by atoms with Crippen molar-refractivity contribution >= 4 is 21.8 Å². The summed E-state index contributed by atoms with van der Waals surface area (Å²) in [5, 5.41) is 0. The number of carbonyl (C=O) groups excluding carboxylic acids is 1. The summed E-state index contributed by atoms with van der Waals surface area (Å²) < 4.78 is 52.3. The van der Waals surface area contributed by atoms with Gasteiger partial charge < -0.3 is 4.90 Å². The molecule has 1 unspecified atom stereocenters. The average Bonchev–Trinajstić information content (AvgIpc) is 3.20. The van der Waals surface area contributed by atoms with Crippen molar-refractivity contribution < 1.29 is 22.4 Å². The molecule has 1 amide bonds. The molecule has 0 saturated heterocycles.